The number of aromatic amines is 1. The van der Waals surface area contributed by atoms with E-state index >= 15 is 0 Å². The van der Waals surface area contributed by atoms with Gasteiger partial charge in [-0.15, -0.1) is 0 Å². The Bertz CT molecular complexity index is 1140. The topological polar surface area (TPSA) is 95.2 Å². The fourth-order valence-corrected chi connectivity index (χ4v) is 3.86. The van der Waals surface area contributed by atoms with Crippen LogP contribution in [0.25, 0.3) is 11.3 Å². The van der Waals surface area contributed by atoms with Gasteiger partial charge in [-0.3, -0.25) is 14.4 Å². The van der Waals surface area contributed by atoms with Crippen LogP contribution < -0.4 is 10.9 Å². The summed E-state index contributed by atoms with van der Waals surface area (Å²) in [4.78, 5) is 46.5. The van der Waals surface area contributed by atoms with Gasteiger partial charge < -0.3 is 15.2 Å². The molecule has 0 saturated carbocycles. The Morgan fingerprint density at radius 3 is 2.42 bits per heavy atom. The molecule has 3 aromatic rings. The predicted octanol–water partition coefficient (Wildman–Crippen LogP) is 3.69. The summed E-state index contributed by atoms with van der Waals surface area (Å²) in [6.45, 7) is 0.842. The number of nitrogens with one attached hydrogen (secondary N) is 2. The number of hydrogen-bond acceptors (Lipinski definition) is 4. The van der Waals surface area contributed by atoms with Crippen molar-refractivity contribution in [2.45, 2.75) is 12.8 Å². The highest BCUT2D eigenvalue weighted by Gasteiger charge is 2.29. The van der Waals surface area contributed by atoms with Gasteiger partial charge in [0.25, 0.3) is 11.5 Å². The van der Waals surface area contributed by atoms with Crippen LogP contribution >= 0.6 is 15.9 Å². The molecular weight excluding hydrogens is 460 g/mol. The molecule has 3 heterocycles. The Hall–Kier alpha value is -3.26. The summed E-state index contributed by atoms with van der Waals surface area (Å²) in [5.41, 5.74) is 1.25. The highest BCUT2D eigenvalue weighted by Crippen LogP contribution is 2.21. The summed E-state index contributed by atoms with van der Waals surface area (Å²) < 4.78 is 0.837. The summed E-state index contributed by atoms with van der Waals surface area (Å²) >= 11 is 3.31. The van der Waals surface area contributed by atoms with Crippen LogP contribution in [0, 0.1) is 5.92 Å². The van der Waals surface area contributed by atoms with E-state index in [0.29, 0.717) is 37.4 Å². The van der Waals surface area contributed by atoms with Gasteiger partial charge in [-0.25, -0.2) is 4.98 Å². The van der Waals surface area contributed by atoms with Gasteiger partial charge >= 0.3 is 0 Å². The zero-order valence-electron chi connectivity index (χ0n) is 16.7. The summed E-state index contributed by atoms with van der Waals surface area (Å²) in [5, 5.41) is 2.82. The molecule has 4 rings (SSSR count). The van der Waals surface area contributed by atoms with Crippen molar-refractivity contribution in [1.82, 2.24) is 14.9 Å². The molecule has 0 spiro atoms. The lowest BCUT2D eigenvalue weighted by molar-refractivity contribution is -0.121. The summed E-state index contributed by atoms with van der Waals surface area (Å²) in [5.74, 6) is -0.119. The second kappa shape index (κ2) is 9.26. The van der Waals surface area contributed by atoms with Crippen molar-refractivity contribution in [2.24, 2.45) is 5.92 Å². The first kappa shape index (κ1) is 21.0. The number of hydrogen-bond donors (Lipinski definition) is 2. The summed E-state index contributed by atoms with van der Waals surface area (Å²) in [7, 11) is 0. The first-order valence-corrected chi connectivity index (χ1v) is 10.8. The van der Waals surface area contributed by atoms with E-state index in [4.69, 9.17) is 0 Å². The third-order valence-corrected chi connectivity index (χ3v) is 5.83. The van der Waals surface area contributed by atoms with E-state index in [0.717, 1.165) is 10.0 Å². The predicted molar refractivity (Wildman–Crippen MR) is 122 cm³/mol. The molecule has 0 unspecified atom stereocenters. The molecule has 2 N–H and O–H groups in total. The molecule has 0 aliphatic carbocycles. The smallest absolute Gasteiger partial charge is 0.261 e. The second-order valence-electron chi connectivity index (χ2n) is 7.40. The molecule has 31 heavy (non-hydrogen) atoms. The molecule has 158 valence electrons. The SMILES string of the molecule is O=C(Nc1ccc(Br)cn1)C1CCN(C(=O)c2ccc(-c3ccccc3)[nH]c2=O)CC1. The number of amides is 2. The number of halogens is 1. The maximum atomic E-state index is 12.9. The number of carbonyl (C=O) groups is 2. The van der Waals surface area contributed by atoms with Crippen molar-refractivity contribution in [2.75, 3.05) is 18.4 Å². The second-order valence-corrected chi connectivity index (χ2v) is 8.31. The number of nitrogens with zero attached hydrogens (tertiary/aromatic N) is 2. The molecule has 0 bridgehead atoms. The van der Waals surface area contributed by atoms with Crippen LogP contribution in [0.3, 0.4) is 0 Å². The number of carbonyl (C=O) groups excluding carboxylic acids is 2. The number of rotatable bonds is 4. The third-order valence-electron chi connectivity index (χ3n) is 5.36. The number of benzene rings is 1. The molecular formula is C23H21BrN4O3. The maximum absolute atomic E-state index is 12.9. The normalized spacial score (nSPS) is 14.3. The molecule has 0 atom stereocenters. The number of likely N-dealkylation sites (tertiary alicyclic amines) is 1. The van der Waals surface area contributed by atoms with Gasteiger partial charge in [0.15, 0.2) is 0 Å². The monoisotopic (exact) mass is 480 g/mol. The van der Waals surface area contributed by atoms with E-state index in [1.165, 1.54) is 0 Å². The van der Waals surface area contributed by atoms with Crippen molar-refractivity contribution in [1.29, 1.82) is 0 Å². The van der Waals surface area contributed by atoms with Gasteiger partial charge in [0.1, 0.15) is 11.4 Å². The molecule has 7 nitrogen and oxygen atoms in total. The van der Waals surface area contributed by atoms with Gasteiger partial charge in [0.2, 0.25) is 5.91 Å². The number of anilines is 1. The molecule has 0 radical (unpaired) electrons. The summed E-state index contributed by atoms with van der Waals surface area (Å²) in [6, 6.07) is 16.3. The van der Waals surface area contributed by atoms with Crippen molar-refractivity contribution in [3.05, 3.63) is 81.2 Å². The van der Waals surface area contributed by atoms with Crippen LogP contribution in [0.4, 0.5) is 5.82 Å². The van der Waals surface area contributed by atoms with Crippen molar-refractivity contribution in [3.8, 4) is 11.3 Å². The molecule has 1 aromatic carbocycles. The van der Waals surface area contributed by atoms with E-state index in [1.54, 1.807) is 29.3 Å². The Balaban J connectivity index is 1.37. The number of piperidine rings is 1. The summed E-state index contributed by atoms with van der Waals surface area (Å²) in [6.07, 6.45) is 2.69. The maximum Gasteiger partial charge on any atom is 0.261 e. The van der Waals surface area contributed by atoms with E-state index in [1.807, 2.05) is 36.4 Å². The minimum absolute atomic E-state index is 0.105. The Kier molecular flexibility index (Phi) is 6.27. The van der Waals surface area contributed by atoms with Crippen molar-refractivity contribution < 1.29 is 9.59 Å². The Morgan fingerprint density at radius 2 is 1.77 bits per heavy atom. The van der Waals surface area contributed by atoms with E-state index in [9.17, 15) is 14.4 Å². The minimum atomic E-state index is -0.410. The molecule has 1 saturated heterocycles. The molecule has 2 aromatic heterocycles. The fourth-order valence-electron chi connectivity index (χ4n) is 3.62. The lowest BCUT2D eigenvalue weighted by Crippen LogP contribution is -2.43. The largest absolute Gasteiger partial charge is 0.338 e. The highest BCUT2D eigenvalue weighted by atomic mass is 79.9. The lowest BCUT2D eigenvalue weighted by Gasteiger charge is -2.31. The van der Waals surface area contributed by atoms with E-state index in [-0.39, 0.29) is 23.3 Å². The van der Waals surface area contributed by atoms with Crippen LogP contribution in [0.1, 0.15) is 23.2 Å². The average Bonchev–Trinajstić information content (AvgIpc) is 2.81. The van der Waals surface area contributed by atoms with Crippen LogP contribution in [-0.4, -0.2) is 39.8 Å². The number of H-pyrrole nitrogens is 1. The molecule has 1 aliphatic rings. The molecule has 1 fully saturated rings. The van der Waals surface area contributed by atoms with Crippen molar-refractivity contribution in [3.63, 3.8) is 0 Å². The lowest BCUT2D eigenvalue weighted by atomic mass is 9.95. The van der Waals surface area contributed by atoms with Crippen LogP contribution in [0.15, 0.2) is 70.1 Å². The van der Waals surface area contributed by atoms with Crippen LogP contribution in [-0.2, 0) is 4.79 Å². The zero-order valence-corrected chi connectivity index (χ0v) is 18.3. The number of pyridine rings is 2. The van der Waals surface area contributed by atoms with Gasteiger partial charge in [0, 0.05) is 35.4 Å². The van der Waals surface area contributed by atoms with Gasteiger partial charge in [0.05, 0.1) is 0 Å². The first-order valence-electron chi connectivity index (χ1n) is 10.0. The highest BCUT2D eigenvalue weighted by molar-refractivity contribution is 9.10. The fraction of sp³-hybridized carbons (Fsp3) is 0.217. The Labute approximate surface area is 187 Å². The van der Waals surface area contributed by atoms with Gasteiger partial charge in [-0.05, 0) is 58.6 Å². The van der Waals surface area contributed by atoms with Gasteiger partial charge in [-0.2, -0.15) is 0 Å². The van der Waals surface area contributed by atoms with Crippen LogP contribution in [0.5, 0.6) is 0 Å². The average molecular weight is 481 g/mol. The third kappa shape index (κ3) is 4.91. The van der Waals surface area contributed by atoms with E-state index in [2.05, 4.69) is 31.2 Å². The molecule has 8 heteroatoms. The Morgan fingerprint density at radius 1 is 1.03 bits per heavy atom. The zero-order chi connectivity index (χ0) is 21.8. The standard InChI is InChI=1S/C23H21BrN4O3/c24-17-6-9-20(25-14-17)27-21(29)16-10-12-28(13-11-16)23(31)18-7-8-19(26-22(18)30)15-4-2-1-3-5-15/h1-9,14,16H,10-13H2,(H,26,30)(H,25,27,29). The van der Waals surface area contributed by atoms with Crippen LogP contribution in [0.2, 0.25) is 0 Å². The molecule has 1 aliphatic heterocycles. The van der Waals surface area contributed by atoms with Gasteiger partial charge in [-0.1, -0.05) is 30.3 Å². The number of aromatic nitrogens is 2. The van der Waals surface area contributed by atoms with Crippen molar-refractivity contribution >= 4 is 33.6 Å². The first-order chi connectivity index (χ1) is 15.0. The molecule has 2 amide bonds. The van der Waals surface area contributed by atoms with E-state index < -0.39 is 5.56 Å². The minimum Gasteiger partial charge on any atom is -0.338 e. The quantitative estimate of drug-likeness (QED) is 0.595.